The van der Waals surface area contributed by atoms with Gasteiger partial charge in [0.2, 0.25) is 0 Å². The van der Waals surface area contributed by atoms with Crippen LogP contribution in [0.15, 0.2) is 54.6 Å². The van der Waals surface area contributed by atoms with Gasteiger partial charge < -0.3 is 5.43 Å². The molecule has 0 aliphatic rings. The molecule has 2 nitrogen and oxygen atoms in total. The molecule has 0 saturated heterocycles. The maximum atomic E-state index is 12.6. The normalized spacial score (nSPS) is 10.1. The van der Waals surface area contributed by atoms with Crippen LogP contribution in [0.4, 0.5) is 10.1 Å². The van der Waals surface area contributed by atoms with Gasteiger partial charge in [-0.1, -0.05) is 30.3 Å². The number of hydrogen-bond acceptors (Lipinski definition) is 2. The van der Waals surface area contributed by atoms with E-state index in [0.717, 1.165) is 11.3 Å². The van der Waals surface area contributed by atoms with Crippen LogP contribution in [0.3, 0.4) is 0 Å². The summed E-state index contributed by atoms with van der Waals surface area (Å²) in [6, 6.07) is 16.3. The van der Waals surface area contributed by atoms with Gasteiger partial charge in [-0.25, -0.2) is 9.82 Å². The van der Waals surface area contributed by atoms with Crippen LogP contribution in [0, 0.1) is 5.82 Å². The van der Waals surface area contributed by atoms with Crippen LogP contribution in [-0.2, 0) is 6.54 Å². The number of para-hydroxylation sites is 1. The SMILES string of the molecule is Fc1ccc(CNNc2ccccc2)cc1. The Bertz CT molecular complexity index is 425. The number of nitrogens with one attached hydrogen (secondary N) is 2. The zero-order valence-electron chi connectivity index (χ0n) is 8.78. The molecule has 16 heavy (non-hydrogen) atoms. The van der Waals surface area contributed by atoms with Crippen LogP contribution >= 0.6 is 0 Å². The van der Waals surface area contributed by atoms with Crippen LogP contribution < -0.4 is 10.9 Å². The standard InChI is InChI=1S/C13H13FN2/c14-12-8-6-11(7-9-12)10-15-16-13-4-2-1-3-5-13/h1-9,15-16H,10H2. The van der Waals surface area contributed by atoms with Gasteiger partial charge in [-0.3, -0.25) is 0 Å². The molecule has 0 heterocycles. The fourth-order valence-corrected chi connectivity index (χ4v) is 1.37. The third kappa shape index (κ3) is 3.07. The maximum absolute atomic E-state index is 12.6. The molecule has 2 rings (SSSR count). The largest absolute Gasteiger partial charge is 0.321 e. The van der Waals surface area contributed by atoms with Gasteiger partial charge >= 0.3 is 0 Å². The van der Waals surface area contributed by atoms with Gasteiger partial charge in [0, 0.05) is 12.2 Å². The van der Waals surface area contributed by atoms with Crippen molar-refractivity contribution in [2.45, 2.75) is 6.54 Å². The molecule has 0 bridgehead atoms. The highest BCUT2D eigenvalue weighted by Crippen LogP contribution is 2.04. The summed E-state index contributed by atoms with van der Waals surface area (Å²) in [6.07, 6.45) is 0. The molecule has 3 heteroatoms. The Morgan fingerprint density at radius 3 is 2.25 bits per heavy atom. The minimum Gasteiger partial charge on any atom is -0.321 e. The number of halogens is 1. The first-order valence-corrected chi connectivity index (χ1v) is 5.13. The monoisotopic (exact) mass is 216 g/mol. The van der Waals surface area contributed by atoms with Gasteiger partial charge in [0.25, 0.3) is 0 Å². The lowest BCUT2D eigenvalue weighted by molar-refractivity contribution is 0.626. The lowest BCUT2D eigenvalue weighted by Gasteiger charge is -2.07. The predicted octanol–water partition coefficient (Wildman–Crippen LogP) is 2.94. The average molecular weight is 216 g/mol. The van der Waals surface area contributed by atoms with E-state index in [1.54, 1.807) is 12.1 Å². The molecule has 0 spiro atoms. The lowest BCUT2D eigenvalue weighted by atomic mass is 10.2. The summed E-state index contributed by atoms with van der Waals surface area (Å²) >= 11 is 0. The van der Waals surface area contributed by atoms with E-state index in [1.807, 2.05) is 30.3 Å². The third-order valence-corrected chi connectivity index (χ3v) is 2.21. The summed E-state index contributed by atoms with van der Waals surface area (Å²) in [4.78, 5) is 0. The second-order valence-corrected chi connectivity index (χ2v) is 3.47. The molecule has 0 aromatic heterocycles. The predicted molar refractivity (Wildman–Crippen MR) is 63.3 cm³/mol. The van der Waals surface area contributed by atoms with Crippen molar-refractivity contribution in [3.05, 3.63) is 66.0 Å². The number of benzene rings is 2. The Labute approximate surface area is 94.1 Å². The first kappa shape index (κ1) is 10.6. The summed E-state index contributed by atoms with van der Waals surface area (Å²) < 4.78 is 12.6. The zero-order valence-corrected chi connectivity index (χ0v) is 8.78. The van der Waals surface area contributed by atoms with Crippen LogP contribution in [-0.4, -0.2) is 0 Å². The van der Waals surface area contributed by atoms with Crippen molar-refractivity contribution in [3.8, 4) is 0 Å². The van der Waals surface area contributed by atoms with E-state index in [-0.39, 0.29) is 5.82 Å². The summed E-state index contributed by atoms with van der Waals surface area (Å²) in [5.74, 6) is -0.209. The van der Waals surface area contributed by atoms with E-state index in [9.17, 15) is 4.39 Å². The van der Waals surface area contributed by atoms with Crippen molar-refractivity contribution in [3.63, 3.8) is 0 Å². The van der Waals surface area contributed by atoms with E-state index in [0.29, 0.717) is 6.54 Å². The third-order valence-electron chi connectivity index (χ3n) is 2.21. The Kier molecular flexibility index (Phi) is 3.51. The molecule has 0 saturated carbocycles. The minimum absolute atomic E-state index is 0.209. The lowest BCUT2D eigenvalue weighted by Crippen LogP contribution is -2.20. The maximum Gasteiger partial charge on any atom is 0.123 e. The van der Waals surface area contributed by atoms with Crippen molar-refractivity contribution in [1.29, 1.82) is 0 Å². The van der Waals surface area contributed by atoms with Crippen LogP contribution in [0.5, 0.6) is 0 Å². The van der Waals surface area contributed by atoms with Gasteiger partial charge in [-0.15, -0.1) is 0 Å². The van der Waals surface area contributed by atoms with Gasteiger partial charge in [0.1, 0.15) is 5.82 Å². The van der Waals surface area contributed by atoms with Crippen molar-refractivity contribution in [2.75, 3.05) is 5.43 Å². The fourth-order valence-electron chi connectivity index (χ4n) is 1.37. The summed E-state index contributed by atoms with van der Waals surface area (Å²) in [7, 11) is 0. The minimum atomic E-state index is -0.209. The van der Waals surface area contributed by atoms with Crippen molar-refractivity contribution in [1.82, 2.24) is 5.43 Å². The Hall–Kier alpha value is -1.87. The summed E-state index contributed by atoms with van der Waals surface area (Å²) in [5, 5.41) is 0. The molecule has 0 unspecified atom stereocenters. The Morgan fingerprint density at radius 1 is 0.875 bits per heavy atom. The highest BCUT2D eigenvalue weighted by Gasteiger charge is 1.93. The van der Waals surface area contributed by atoms with Crippen molar-refractivity contribution >= 4 is 5.69 Å². The topological polar surface area (TPSA) is 24.1 Å². The molecule has 2 aromatic rings. The molecule has 0 aliphatic heterocycles. The highest BCUT2D eigenvalue weighted by molar-refractivity contribution is 5.41. The molecule has 2 aromatic carbocycles. The summed E-state index contributed by atoms with van der Waals surface area (Å²) in [6.45, 7) is 0.648. The van der Waals surface area contributed by atoms with E-state index in [1.165, 1.54) is 12.1 Å². The second-order valence-electron chi connectivity index (χ2n) is 3.47. The number of rotatable bonds is 4. The first-order chi connectivity index (χ1) is 7.84. The van der Waals surface area contributed by atoms with Crippen molar-refractivity contribution in [2.24, 2.45) is 0 Å². The molecular formula is C13H13FN2. The van der Waals surface area contributed by atoms with Gasteiger partial charge in [0.05, 0.1) is 0 Å². The molecule has 0 aliphatic carbocycles. The van der Waals surface area contributed by atoms with Crippen LogP contribution in [0.1, 0.15) is 5.56 Å². The highest BCUT2D eigenvalue weighted by atomic mass is 19.1. The molecule has 2 N–H and O–H groups in total. The molecule has 0 atom stereocenters. The number of anilines is 1. The van der Waals surface area contributed by atoms with Gasteiger partial charge in [-0.2, -0.15) is 0 Å². The smallest absolute Gasteiger partial charge is 0.123 e. The molecule has 0 fully saturated rings. The quantitative estimate of drug-likeness (QED) is 0.768. The number of hydrogen-bond donors (Lipinski definition) is 2. The fraction of sp³-hybridized carbons (Fsp3) is 0.0769. The van der Waals surface area contributed by atoms with E-state index >= 15 is 0 Å². The van der Waals surface area contributed by atoms with E-state index in [4.69, 9.17) is 0 Å². The first-order valence-electron chi connectivity index (χ1n) is 5.13. The van der Waals surface area contributed by atoms with Crippen LogP contribution in [0.25, 0.3) is 0 Å². The molecular weight excluding hydrogens is 203 g/mol. The number of hydrazine groups is 1. The molecule has 0 radical (unpaired) electrons. The van der Waals surface area contributed by atoms with Gasteiger partial charge in [-0.05, 0) is 29.8 Å². The Balaban J connectivity index is 1.82. The van der Waals surface area contributed by atoms with E-state index in [2.05, 4.69) is 10.9 Å². The van der Waals surface area contributed by atoms with Crippen LogP contribution in [0.2, 0.25) is 0 Å². The van der Waals surface area contributed by atoms with Gasteiger partial charge in [0.15, 0.2) is 0 Å². The van der Waals surface area contributed by atoms with E-state index < -0.39 is 0 Å². The zero-order chi connectivity index (χ0) is 11.2. The summed E-state index contributed by atoms with van der Waals surface area (Å²) in [5.41, 5.74) is 8.17. The Morgan fingerprint density at radius 2 is 1.56 bits per heavy atom. The molecule has 82 valence electrons. The average Bonchev–Trinajstić information content (AvgIpc) is 2.33. The second kappa shape index (κ2) is 5.28. The van der Waals surface area contributed by atoms with Crippen molar-refractivity contribution < 1.29 is 4.39 Å². The molecule has 0 amide bonds.